The van der Waals surface area contributed by atoms with Gasteiger partial charge in [-0.1, -0.05) is 0 Å². The van der Waals surface area contributed by atoms with E-state index in [2.05, 4.69) is 4.98 Å². The number of rotatable bonds is 1. The van der Waals surface area contributed by atoms with Crippen molar-refractivity contribution in [2.24, 2.45) is 0 Å². The fraction of sp³-hybridized carbons (Fsp3) is 0.455. The molecule has 0 aliphatic carbocycles. The van der Waals surface area contributed by atoms with Crippen molar-refractivity contribution in [3.05, 3.63) is 29.8 Å². The molecule has 1 aromatic rings. The number of thioether (sulfide) groups is 1. The lowest BCUT2D eigenvalue weighted by atomic mass is 10.2. The van der Waals surface area contributed by atoms with Crippen LogP contribution in [0.1, 0.15) is 16.8 Å². The van der Waals surface area contributed by atoms with Crippen LogP contribution in [0.4, 0.5) is 4.39 Å². The van der Waals surface area contributed by atoms with Crippen LogP contribution < -0.4 is 0 Å². The molecule has 0 N–H and O–H groups in total. The molecule has 0 radical (unpaired) electrons. The molecule has 1 aliphatic rings. The van der Waals surface area contributed by atoms with Gasteiger partial charge in [-0.2, -0.15) is 11.8 Å². The molecular formula is C11H13FN2OS. The minimum absolute atomic E-state index is 0.127. The normalized spacial score (nSPS) is 16.9. The lowest BCUT2D eigenvalue weighted by Gasteiger charge is -2.19. The van der Waals surface area contributed by atoms with Crippen molar-refractivity contribution < 1.29 is 9.18 Å². The Morgan fingerprint density at radius 1 is 1.44 bits per heavy atom. The Bertz CT molecular complexity index is 378. The minimum Gasteiger partial charge on any atom is -0.338 e. The molecule has 0 spiro atoms. The zero-order valence-electron chi connectivity index (χ0n) is 8.86. The van der Waals surface area contributed by atoms with Gasteiger partial charge in [-0.15, -0.1) is 0 Å². The van der Waals surface area contributed by atoms with Gasteiger partial charge in [0.25, 0.3) is 5.91 Å². The highest BCUT2D eigenvalue weighted by molar-refractivity contribution is 7.99. The van der Waals surface area contributed by atoms with Crippen molar-refractivity contribution >= 4 is 17.7 Å². The second-order valence-electron chi connectivity index (χ2n) is 3.61. The summed E-state index contributed by atoms with van der Waals surface area (Å²) in [4.78, 5) is 17.4. The van der Waals surface area contributed by atoms with Crippen LogP contribution in [-0.2, 0) is 0 Å². The maximum absolute atomic E-state index is 13.4. The minimum atomic E-state index is -0.538. The summed E-state index contributed by atoms with van der Waals surface area (Å²) >= 11 is 1.84. The second-order valence-corrected chi connectivity index (χ2v) is 4.84. The number of carbonyl (C=O) groups is 1. The van der Waals surface area contributed by atoms with E-state index in [0.717, 1.165) is 24.1 Å². The summed E-state index contributed by atoms with van der Waals surface area (Å²) in [7, 11) is 0. The molecule has 1 aromatic heterocycles. The zero-order chi connectivity index (χ0) is 11.4. The van der Waals surface area contributed by atoms with Gasteiger partial charge in [-0.05, 0) is 18.2 Å². The summed E-state index contributed by atoms with van der Waals surface area (Å²) in [5, 5.41) is 0. The molecule has 3 nitrogen and oxygen atoms in total. The zero-order valence-corrected chi connectivity index (χ0v) is 9.67. The average molecular weight is 240 g/mol. The van der Waals surface area contributed by atoms with E-state index in [-0.39, 0.29) is 11.5 Å². The van der Waals surface area contributed by atoms with Gasteiger partial charge in [0.2, 0.25) is 0 Å². The van der Waals surface area contributed by atoms with Crippen LogP contribution in [0.25, 0.3) is 0 Å². The van der Waals surface area contributed by atoms with E-state index < -0.39 is 5.82 Å². The molecule has 0 atom stereocenters. The molecule has 5 heteroatoms. The molecule has 0 saturated carbocycles. The van der Waals surface area contributed by atoms with Crippen molar-refractivity contribution in [1.82, 2.24) is 9.88 Å². The topological polar surface area (TPSA) is 33.2 Å². The smallest absolute Gasteiger partial charge is 0.256 e. The fourth-order valence-electron chi connectivity index (χ4n) is 1.67. The summed E-state index contributed by atoms with van der Waals surface area (Å²) in [6.45, 7) is 1.42. The van der Waals surface area contributed by atoms with Gasteiger partial charge in [0, 0.05) is 25.0 Å². The Morgan fingerprint density at radius 2 is 2.31 bits per heavy atom. The predicted octanol–water partition coefficient (Wildman–Crippen LogP) is 1.80. The highest BCUT2D eigenvalue weighted by atomic mass is 32.2. The molecule has 0 aromatic carbocycles. The number of nitrogens with zero attached hydrogens (tertiary/aromatic N) is 2. The molecule has 0 bridgehead atoms. The molecular weight excluding hydrogens is 227 g/mol. The summed E-state index contributed by atoms with van der Waals surface area (Å²) in [5.41, 5.74) is 0.127. The number of amides is 1. The summed E-state index contributed by atoms with van der Waals surface area (Å²) < 4.78 is 13.4. The lowest BCUT2D eigenvalue weighted by Crippen LogP contribution is -2.33. The van der Waals surface area contributed by atoms with Crippen LogP contribution >= 0.6 is 11.8 Å². The van der Waals surface area contributed by atoms with Gasteiger partial charge < -0.3 is 4.90 Å². The molecule has 1 fully saturated rings. The van der Waals surface area contributed by atoms with Crippen LogP contribution in [0.2, 0.25) is 0 Å². The van der Waals surface area contributed by atoms with Crippen LogP contribution in [0.15, 0.2) is 18.5 Å². The van der Waals surface area contributed by atoms with Crippen molar-refractivity contribution in [2.45, 2.75) is 6.42 Å². The van der Waals surface area contributed by atoms with Crippen LogP contribution in [-0.4, -0.2) is 40.4 Å². The summed E-state index contributed by atoms with van der Waals surface area (Å²) in [6.07, 6.45) is 3.51. The van der Waals surface area contributed by atoms with E-state index >= 15 is 0 Å². The first kappa shape index (κ1) is 11.4. The standard InChI is InChI=1S/C11H13FN2OS/c12-10-8-13-3-2-9(10)11(15)14-4-1-6-16-7-5-14/h2-3,8H,1,4-7H2. The third-order valence-electron chi connectivity index (χ3n) is 2.51. The Kier molecular flexibility index (Phi) is 3.77. The van der Waals surface area contributed by atoms with Crippen molar-refractivity contribution in [2.75, 3.05) is 24.6 Å². The Balaban J connectivity index is 2.14. The maximum atomic E-state index is 13.4. The van der Waals surface area contributed by atoms with Gasteiger partial charge >= 0.3 is 0 Å². The molecule has 1 aliphatic heterocycles. The van der Waals surface area contributed by atoms with Gasteiger partial charge in [0.05, 0.1) is 11.8 Å². The number of hydrogen-bond donors (Lipinski definition) is 0. The molecule has 16 heavy (non-hydrogen) atoms. The first-order valence-electron chi connectivity index (χ1n) is 5.25. The first-order chi connectivity index (χ1) is 7.79. The second kappa shape index (κ2) is 5.30. The average Bonchev–Trinajstić information content (AvgIpc) is 2.57. The maximum Gasteiger partial charge on any atom is 0.256 e. The summed E-state index contributed by atoms with van der Waals surface area (Å²) in [6, 6.07) is 1.44. The van der Waals surface area contributed by atoms with E-state index in [1.54, 1.807) is 4.90 Å². The third kappa shape index (κ3) is 2.52. The largest absolute Gasteiger partial charge is 0.338 e. The van der Waals surface area contributed by atoms with E-state index in [1.807, 2.05) is 11.8 Å². The van der Waals surface area contributed by atoms with Gasteiger partial charge in [0.15, 0.2) is 5.82 Å². The Hall–Kier alpha value is -1.10. The van der Waals surface area contributed by atoms with Gasteiger partial charge in [-0.3, -0.25) is 9.78 Å². The number of pyridine rings is 1. The van der Waals surface area contributed by atoms with E-state index in [4.69, 9.17) is 0 Å². The van der Waals surface area contributed by atoms with Crippen molar-refractivity contribution in [3.8, 4) is 0 Å². The SMILES string of the molecule is O=C(c1ccncc1F)N1CCCSCC1. The molecule has 86 valence electrons. The quantitative estimate of drug-likeness (QED) is 0.750. The highest BCUT2D eigenvalue weighted by Crippen LogP contribution is 2.14. The van der Waals surface area contributed by atoms with Crippen molar-refractivity contribution in [1.29, 1.82) is 0 Å². The summed E-state index contributed by atoms with van der Waals surface area (Å²) in [5.74, 6) is 1.24. The van der Waals surface area contributed by atoms with E-state index in [0.29, 0.717) is 13.1 Å². The van der Waals surface area contributed by atoms with Gasteiger partial charge in [-0.25, -0.2) is 4.39 Å². The van der Waals surface area contributed by atoms with Crippen molar-refractivity contribution in [3.63, 3.8) is 0 Å². The monoisotopic (exact) mass is 240 g/mol. The number of hydrogen-bond acceptors (Lipinski definition) is 3. The van der Waals surface area contributed by atoms with Crippen LogP contribution in [0.3, 0.4) is 0 Å². The highest BCUT2D eigenvalue weighted by Gasteiger charge is 2.19. The molecule has 1 amide bonds. The van der Waals surface area contributed by atoms with E-state index in [1.165, 1.54) is 12.3 Å². The molecule has 0 unspecified atom stereocenters. The first-order valence-corrected chi connectivity index (χ1v) is 6.41. The Labute approximate surface area is 98.0 Å². The lowest BCUT2D eigenvalue weighted by molar-refractivity contribution is 0.0763. The van der Waals surface area contributed by atoms with Crippen LogP contribution in [0, 0.1) is 5.82 Å². The molecule has 2 heterocycles. The predicted molar refractivity (Wildman–Crippen MR) is 62.0 cm³/mol. The Morgan fingerprint density at radius 3 is 3.12 bits per heavy atom. The third-order valence-corrected chi connectivity index (χ3v) is 3.56. The molecule has 1 saturated heterocycles. The number of aromatic nitrogens is 1. The number of halogens is 1. The van der Waals surface area contributed by atoms with Crippen LogP contribution in [0.5, 0.6) is 0 Å². The van der Waals surface area contributed by atoms with E-state index in [9.17, 15) is 9.18 Å². The molecule has 2 rings (SSSR count). The number of carbonyl (C=O) groups excluding carboxylic acids is 1. The fourth-order valence-corrected chi connectivity index (χ4v) is 2.55. The van der Waals surface area contributed by atoms with Gasteiger partial charge in [0.1, 0.15) is 0 Å².